The minimum atomic E-state index is -3.96. The summed E-state index contributed by atoms with van der Waals surface area (Å²) in [5, 5.41) is 2.81. The van der Waals surface area contributed by atoms with Gasteiger partial charge in [-0.25, -0.2) is 8.42 Å². The zero-order chi connectivity index (χ0) is 23.1. The Morgan fingerprint density at radius 2 is 1.72 bits per heavy atom. The number of carbonyl (C=O) groups excluding carboxylic acids is 1. The Bertz CT molecular complexity index is 1180. The lowest BCUT2D eigenvalue weighted by Gasteiger charge is -2.20. The quantitative estimate of drug-likeness (QED) is 0.432. The van der Waals surface area contributed by atoms with Crippen LogP contribution in [0.5, 0.6) is 5.75 Å². The highest BCUT2D eigenvalue weighted by Gasteiger charge is 2.27. The highest BCUT2D eigenvalue weighted by atomic mass is 79.9. The van der Waals surface area contributed by atoms with Crippen LogP contribution in [-0.2, 0) is 21.2 Å². The van der Waals surface area contributed by atoms with Crippen LogP contribution < -0.4 is 14.8 Å². The van der Waals surface area contributed by atoms with Gasteiger partial charge in [0.1, 0.15) is 11.8 Å². The van der Waals surface area contributed by atoms with Gasteiger partial charge >= 0.3 is 0 Å². The predicted molar refractivity (Wildman–Crippen MR) is 129 cm³/mol. The Morgan fingerprint density at radius 3 is 2.38 bits per heavy atom. The molecule has 0 aliphatic heterocycles. The van der Waals surface area contributed by atoms with Crippen molar-refractivity contribution in [3.63, 3.8) is 0 Å². The molecule has 0 unspecified atom stereocenters. The van der Waals surface area contributed by atoms with E-state index < -0.39 is 22.0 Å². The number of benzene rings is 3. The molecule has 3 aromatic rings. The van der Waals surface area contributed by atoms with E-state index in [1.807, 2.05) is 43.3 Å². The van der Waals surface area contributed by atoms with Gasteiger partial charge in [-0.15, -0.1) is 0 Å². The molecular formula is C24H25BrN2O4S. The van der Waals surface area contributed by atoms with Crippen molar-refractivity contribution in [3.05, 3.63) is 88.4 Å². The number of sulfonamides is 1. The molecule has 0 heterocycles. The fraction of sp³-hybridized carbons (Fsp3) is 0.208. The van der Waals surface area contributed by atoms with Crippen molar-refractivity contribution in [1.82, 2.24) is 4.72 Å². The Labute approximate surface area is 197 Å². The number of amides is 1. The van der Waals surface area contributed by atoms with E-state index in [2.05, 4.69) is 26.0 Å². The second kappa shape index (κ2) is 10.8. The van der Waals surface area contributed by atoms with E-state index in [4.69, 9.17) is 4.74 Å². The number of hydrogen-bond acceptors (Lipinski definition) is 4. The number of nitrogens with one attached hydrogen (secondary N) is 2. The van der Waals surface area contributed by atoms with Crippen molar-refractivity contribution in [2.75, 3.05) is 11.9 Å². The van der Waals surface area contributed by atoms with Gasteiger partial charge in [0.15, 0.2) is 0 Å². The van der Waals surface area contributed by atoms with E-state index in [1.165, 1.54) is 6.07 Å². The fourth-order valence-corrected chi connectivity index (χ4v) is 4.85. The van der Waals surface area contributed by atoms with Crippen molar-refractivity contribution in [2.45, 2.75) is 31.2 Å². The molecule has 0 saturated heterocycles. The van der Waals surface area contributed by atoms with E-state index in [1.54, 1.807) is 37.3 Å². The molecule has 3 aromatic carbocycles. The van der Waals surface area contributed by atoms with Crippen LogP contribution in [0.3, 0.4) is 0 Å². The van der Waals surface area contributed by atoms with E-state index >= 15 is 0 Å². The number of ether oxygens (including phenoxy) is 1. The predicted octanol–water partition coefficient (Wildman–Crippen LogP) is 4.68. The van der Waals surface area contributed by atoms with Crippen LogP contribution in [0.25, 0.3) is 0 Å². The largest absolute Gasteiger partial charge is 0.494 e. The molecule has 168 valence electrons. The first-order chi connectivity index (χ1) is 15.3. The van der Waals surface area contributed by atoms with Gasteiger partial charge in [-0.05, 0) is 77.7 Å². The number of hydrogen-bond donors (Lipinski definition) is 2. The molecule has 1 amide bonds. The standard InChI is InChI=1S/C24H25BrN2O4S/c1-3-31-23-14-13-19(15-17(23)2)32(29,30)27-22(16-18-9-5-4-6-10-18)24(28)26-21-12-8-7-11-20(21)25/h4-15,22,27H,3,16H2,1-2H3,(H,26,28)/t22-/m0/s1. The average molecular weight is 517 g/mol. The summed E-state index contributed by atoms with van der Waals surface area (Å²) in [4.78, 5) is 13.2. The molecule has 3 rings (SSSR count). The molecule has 8 heteroatoms. The number of aryl methyl sites for hydroxylation is 1. The average Bonchev–Trinajstić information content (AvgIpc) is 2.77. The number of carbonyl (C=O) groups is 1. The molecular weight excluding hydrogens is 492 g/mol. The lowest BCUT2D eigenvalue weighted by Crippen LogP contribution is -2.45. The zero-order valence-corrected chi connectivity index (χ0v) is 20.2. The molecule has 0 fully saturated rings. The molecule has 6 nitrogen and oxygen atoms in total. The molecule has 32 heavy (non-hydrogen) atoms. The molecule has 0 aliphatic carbocycles. The van der Waals surface area contributed by atoms with Crippen LogP contribution in [0.2, 0.25) is 0 Å². The highest BCUT2D eigenvalue weighted by molar-refractivity contribution is 9.10. The first kappa shape index (κ1) is 24.0. The third kappa shape index (κ3) is 6.18. The number of para-hydroxylation sites is 1. The third-order valence-electron chi connectivity index (χ3n) is 4.78. The SMILES string of the molecule is CCOc1ccc(S(=O)(=O)N[C@@H](Cc2ccccc2)C(=O)Nc2ccccc2Br)cc1C. The van der Waals surface area contributed by atoms with Crippen LogP contribution >= 0.6 is 15.9 Å². The van der Waals surface area contributed by atoms with Gasteiger partial charge in [0.25, 0.3) is 0 Å². The normalized spacial score (nSPS) is 12.2. The van der Waals surface area contributed by atoms with Crippen molar-refractivity contribution in [1.29, 1.82) is 0 Å². The molecule has 0 aliphatic rings. The maximum absolute atomic E-state index is 13.1. The van der Waals surface area contributed by atoms with Gasteiger partial charge in [-0.2, -0.15) is 4.72 Å². The van der Waals surface area contributed by atoms with E-state index in [9.17, 15) is 13.2 Å². The number of anilines is 1. The second-order valence-corrected chi connectivity index (χ2v) is 9.76. The van der Waals surface area contributed by atoms with Crippen LogP contribution in [0.1, 0.15) is 18.1 Å². The minimum Gasteiger partial charge on any atom is -0.494 e. The Morgan fingerprint density at radius 1 is 1.03 bits per heavy atom. The van der Waals surface area contributed by atoms with Crippen molar-refractivity contribution in [2.24, 2.45) is 0 Å². The maximum Gasteiger partial charge on any atom is 0.242 e. The lowest BCUT2D eigenvalue weighted by molar-refractivity contribution is -0.117. The Hall–Kier alpha value is -2.68. The summed E-state index contributed by atoms with van der Waals surface area (Å²) < 4.78 is 35.1. The number of rotatable bonds is 9. The Balaban J connectivity index is 1.88. The molecule has 1 atom stereocenters. The summed E-state index contributed by atoms with van der Waals surface area (Å²) in [7, 11) is -3.96. The lowest BCUT2D eigenvalue weighted by atomic mass is 10.1. The van der Waals surface area contributed by atoms with Crippen LogP contribution in [0, 0.1) is 6.92 Å². The monoisotopic (exact) mass is 516 g/mol. The topological polar surface area (TPSA) is 84.5 Å². The van der Waals surface area contributed by atoms with Crippen molar-refractivity contribution in [3.8, 4) is 5.75 Å². The molecule has 0 saturated carbocycles. The second-order valence-electron chi connectivity index (χ2n) is 7.19. The molecule has 0 bridgehead atoms. The van der Waals surface area contributed by atoms with Crippen LogP contribution in [-0.4, -0.2) is 27.0 Å². The van der Waals surface area contributed by atoms with Gasteiger partial charge in [0, 0.05) is 4.47 Å². The zero-order valence-electron chi connectivity index (χ0n) is 17.8. The first-order valence-electron chi connectivity index (χ1n) is 10.1. The van der Waals surface area contributed by atoms with E-state index in [0.29, 0.717) is 28.1 Å². The van der Waals surface area contributed by atoms with Gasteiger partial charge in [-0.1, -0.05) is 42.5 Å². The maximum atomic E-state index is 13.1. The summed E-state index contributed by atoms with van der Waals surface area (Å²) in [5.74, 6) is 0.172. The third-order valence-corrected chi connectivity index (χ3v) is 6.95. The van der Waals surface area contributed by atoms with Gasteiger partial charge in [-0.3, -0.25) is 4.79 Å². The molecule has 0 spiro atoms. The summed E-state index contributed by atoms with van der Waals surface area (Å²) in [6, 6.07) is 20.1. The van der Waals surface area contributed by atoms with Gasteiger partial charge in [0.2, 0.25) is 15.9 Å². The van der Waals surface area contributed by atoms with Crippen LogP contribution in [0.4, 0.5) is 5.69 Å². The smallest absolute Gasteiger partial charge is 0.242 e. The van der Waals surface area contributed by atoms with Gasteiger partial charge < -0.3 is 10.1 Å². The fourth-order valence-electron chi connectivity index (χ4n) is 3.18. The summed E-state index contributed by atoms with van der Waals surface area (Å²) in [6.45, 7) is 4.13. The first-order valence-corrected chi connectivity index (χ1v) is 12.4. The molecule has 0 radical (unpaired) electrons. The number of halogens is 1. The molecule has 0 aromatic heterocycles. The van der Waals surface area contributed by atoms with Crippen molar-refractivity contribution >= 4 is 37.5 Å². The van der Waals surface area contributed by atoms with Crippen molar-refractivity contribution < 1.29 is 17.9 Å². The minimum absolute atomic E-state index is 0.0743. The van der Waals surface area contributed by atoms with E-state index in [0.717, 1.165) is 5.56 Å². The van der Waals surface area contributed by atoms with E-state index in [-0.39, 0.29) is 11.3 Å². The summed E-state index contributed by atoms with van der Waals surface area (Å²) >= 11 is 3.40. The summed E-state index contributed by atoms with van der Waals surface area (Å²) in [6.07, 6.45) is 0.201. The van der Waals surface area contributed by atoms with Crippen LogP contribution in [0.15, 0.2) is 82.2 Å². The summed E-state index contributed by atoms with van der Waals surface area (Å²) in [5.41, 5.74) is 2.10. The molecule has 2 N–H and O–H groups in total. The Kier molecular flexibility index (Phi) is 8.06. The van der Waals surface area contributed by atoms with Gasteiger partial charge in [0.05, 0.1) is 17.2 Å². The highest BCUT2D eigenvalue weighted by Crippen LogP contribution is 2.24.